The Morgan fingerprint density at radius 1 is 0.870 bits per heavy atom. The largest absolute Gasteiger partial charge is 0.480 e. The summed E-state index contributed by atoms with van der Waals surface area (Å²) in [4.78, 5) is 38.5. The van der Waals surface area contributed by atoms with Crippen molar-refractivity contribution >= 4 is 17.8 Å². The van der Waals surface area contributed by atoms with Crippen molar-refractivity contribution in [3.8, 4) is 0 Å². The molecular formula is C39H56FNO5. The molecule has 7 heteroatoms. The van der Waals surface area contributed by atoms with E-state index in [-0.39, 0.29) is 57.9 Å². The highest BCUT2D eigenvalue weighted by atomic mass is 19.1. The van der Waals surface area contributed by atoms with Gasteiger partial charge in [0, 0.05) is 5.41 Å². The Kier molecular flexibility index (Phi) is 8.24. The van der Waals surface area contributed by atoms with Gasteiger partial charge < -0.3 is 15.2 Å². The highest BCUT2D eigenvalue weighted by Crippen LogP contribution is 2.77. The molecule has 5 aliphatic rings. The topological polar surface area (TPSA) is 92.7 Å². The van der Waals surface area contributed by atoms with Gasteiger partial charge in [-0.25, -0.2) is 9.18 Å². The predicted octanol–water partition coefficient (Wildman–Crippen LogP) is 8.29. The fraction of sp³-hybridized carbons (Fsp3) is 0.769. The number of hydrogen-bond donors (Lipinski definition) is 2. The molecule has 5 saturated carbocycles. The number of amides is 1. The van der Waals surface area contributed by atoms with Crippen molar-refractivity contribution < 1.29 is 28.6 Å². The van der Waals surface area contributed by atoms with Crippen molar-refractivity contribution in [2.24, 2.45) is 62.6 Å². The van der Waals surface area contributed by atoms with Crippen molar-refractivity contribution in [3.63, 3.8) is 0 Å². The van der Waals surface area contributed by atoms with Gasteiger partial charge in [0.2, 0.25) is 5.91 Å². The third kappa shape index (κ3) is 4.78. The van der Waals surface area contributed by atoms with E-state index in [1.54, 1.807) is 0 Å². The third-order valence-corrected chi connectivity index (χ3v) is 15.5. The summed E-state index contributed by atoms with van der Waals surface area (Å²) in [6.45, 7) is 16.6. The number of benzene rings is 1. The van der Waals surface area contributed by atoms with Gasteiger partial charge in [-0.05, 0) is 140 Å². The van der Waals surface area contributed by atoms with Gasteiger partial charge in [0.1, 0.15) is 18.5 Å². The first-order valence-electron chi connectivity index (χ1n) is 18.0. The lowest BCUT2D eigenvalue weighted by atomic mass is 9.32. The summed E-state index contributed by atoms with van der Waals surface area (Å²) in [5, 5.41) is 12.2. The zero-order valence-electron chi connectivity index (χ0n) is 29.1. The molecule has 46 heavy (non-hydrogen) atoms. The molecule has 1 aromatic carbocycles. The monoisotopic (exact) mass is 637 g/mol. The lowest BCUT2D eigenvalue weighted by molar-refractivity contribution is -0.247. The molecule has 0 radical (unpaired) electrons. The SMILES string of the molecule is CC(C)C1CC[C@]2(C(=O)NCC(=O)O)CC[C@]3(C)C(CCC4[C@@]5(C)CC[C@@H](OC(=O)c6ccc(F)cc6)C(C)(C)[C@H]5CC[C@]43C)C12. The number of nitrogens with one attached hydrogen (secondary N) is 1. The van der Waals surface area contributed by atoms with Crippen molar-refractivity contribution in [3.05, 3.63) is 35.6 Å². The molecule has 0 bridgehead atoms. The summed E-state index contributed by atoms with van der Waals surface area (Å²) < 4.78 is 19.7. The fourth-order valence-electron chi connectivity index (χ4n) is 13.1. The minimum atomic E-state index is -0.985. The summed E-state index contributed by atoms with van der Waals surface area (Å²) in [7, 11) is 0. The van der Waals surface area contributed by atoms with E-state index in [0.29, 0.717) is 35.2 Å². The van der Waals surface area contributed by atoms with Gasteiger partial charge in [0.05, 0.1) is 11.0 Å². The summed E-state index contributed by atoms with van der Waals surface area (Å²) in [6, 6.07) is 5.63. The van der Waals surface area contributed by atoms with Gasteiger partial charge in [0.25, 0.3) is 0 Å². The third-order valence-electron chi connectivity index (χ3n) is 15.5. The molecule has 6 rings (SSSR count). The maximum Gasteiger partial charge on any atom is 0.338 e. The Labute approximate surface area is 275 Å². The molecule has 2 N–H and O–H groups in total. The Hall–Kier alpha value is -2.44. The van der Waals surface area contributed by atoms with Crippen LogP contribution in [0.1, 0.15) is 123 Å². The van der Waals surface area contributed by atoms with E-state index in [0.717, 1.165) is 64.2 Å². The Morgan fingerprint density at radius 2 is 1.57 bits per heavy atom. The number of rotatable bonds is 6. The molecule has 0 aliphatic heterocycles. The van der Waals surface area contributed by atoms with Crippen LogP contribution < -0.4 is 5.32 Å². The van der Waals surface area contributed by atoms with Crippen molar-refractivity contribution in [2.75, 3.05) is 6.54 Å². The second kappa shape index (κ2) is 11.3. The molecule has 5 fully saturated rings. The second-order valence-electron chi connectivity index (χ2n) is 17.6. The number of carbonyl (C=O) groups excluding carboxylic acids is 2. The fourth-order valence-corrected chi connectivity index (χ4v) is 13.1. The van der Waals surface area contributed by atoms with E-state index in [1.165, 1.54) is 24.3 Å². The molecule has 10 atom stereocenters. The van der Waals surface area contributed by atoms with Crippen LogP contribution in [-0.2, 0) is 14.3 Å². The zero-order chi connectivity index (χ0) is 33.4. The number of halogens is 1. The maximum absolute atomic E-state index is 13.9. The first-order chi connectivity index (χ1) is 21.5. The summed E-state index contributed by atoms with van der Waals surface area (Å²) in [5.74, 6) is 0.880. The van der Waals surface area contributed by atoms with Gasteiger partial charge in [-0.3, -0.25) is 9.59 Å². The second-order valence-corrected chi connectivity index (χ2v) is 17.6. The standard InChI is InChI=1S/C39H56FNO5/c1-23(2)26-14-19-39(34(45)41-22-31(42)43)21-20-37(6)27(32(26)39)12-13-29-36(5)17-16-30(35(3,4)28(36)15-18-38(29,37)7)46-33(44)24-8-10-25(40)11-9-24/h8-11,23,26-30,32H,12-22H2,1-7H3,(H,41,45)(H,42,43)/t26?,27?,28-,29?,30-,32?,36+,37-,38-,39+/m1/s1. The molecule has 0 spiro atoms. The lowest BCUT2D eigenvalue weighted by Crippen LogP contribution is -2.67. The molecule has 0 heterocycles. The number of carboxylic acid groups (broad SMARTS) is 1. The maximum atomic E-state index is 13.9. The summed E-state index contributed by atoms with van der Waals surface area (Å²) in [6.07, 6.45) is 9.89. The minimum Gasteiger partial charge on any atom is -0.480 e. The number of carboxylic acids is 1. The van der Waals surface area contributed by atoms with Crippen LogP contribution in [0.3, 0.4) is 0 Å². The smallest absolute Gasteiger partial charge is 0.338 e. The zero-order valence-corrected chi connectivity index (χ0v) is 29.1. The van der Waals surface area contributed by atoms with Crippen molar-refractivity contribution in [2.45, 2.75) is 119 Å². The van der Waals surface area contributed by atoms with Crippen molar-refractivity contribution in [1.82, 2.24) is 5.32 Å². The number of esters is 1. The Bertz CT molecular complexity index is 1370. The molecule has 254 valence electrons. The van der Waals surface area contributed by atoms with Crippen LogP contribution in [0.15, 0.2) is 24.3 Å². The van der Waals surface area contributed by atoms with Gasteiger partial charge >= 0.3 is 11.9 Å². The molecule has 6 nitrogen and oxygen atoms in total. The van der Waals surface area contributed by atoms with E-state index in [9.17, 15) is 23.9 Å². The minimum absolute atomic E-state index is 0.0247. The molecule has 0 aromatic heterocycles. The first-order valence-corrected chi connectivity index (χ1v) is 18.0. The highest BCUT2D eigenvalue weighted by molar-refractivity contribution is 5.89. The van der Waals surface area contributed by atoms with Gasteiger partial charge in [-0.1, -0.05) is 48.5 Å². The van der Waals surface area contributed by atoms with E-state index in [2.05, 4.69) is 53.8 Å². The quantitative estimate of drug-likeness (QED) is 0.306. The lowest BCUT2D eigenvalue weighted by Gasteiger charge is -2.73. The number of fused-ring (bicyclic) bond motifs is 7. The van der Waals surface area contributed by atoms with Crippen LogP contribution in [0.2, 0.25) is 0 Å². The van der Waals surface area contributed by atoms with Crippen LogP contribution in [0, 0.1) is 68.4 Å². The number of hydrogen-bond acceptors (Lipinski definition) is 4. The predicted molar refractivity (Wildman–Crippen MR) is 175 cm³/mol. The van der Waals surface area contributed by atoms with Crippen LogP contribution in [0.4, 0.5) is 4.39 Å². The number of carbonyl (C=O) groups is 3. The average Bonchev–Trinajstić information content (AvgIpc) is 3.39. The molecule has 0 saturated heterocycles. The molecule has 1 aromatic rings. The van der Waals surface area contributed by atoms with Gasteiger partial charge in [-0.2, -0.15) is 0 Å². The Morgan fingerprint density at radius 3 is 2.22 bits per heavy atom. The molecule has 5 aliphatic carbocycles. The van der Waals surface area contributed by atoms with Crippen LogP contribution in [0.5, 0.6) is 0 Å². The van der Waals surface area contributed by atoms with E-state index >= 15 is 0 Å². The highest BCUT2D eigenvalue weighted by Gasteiger charge is 2.72. The normalized spacial score (nSPS) is 42.6. The van der Waals surface area contributed by atoms with Crippen LogP contribution in [0.25, 0.3) is 0 Å². The summed E-state index contributed by atoms with van der Waals surface area (Å²) in [5.41, 5.74) is 0.0721. The Balaban J connectivity index is 1.28. The number of aliphatic carboxylic acids is 1. The van der Waals surface area contributed by atoms with Crippen LogP contribution >= 0.6 is 0 Å². The van der Waals surface area contributed by atoms with E-state index in [4.69, 9.17) is 4.74 Å². The first kappa shape index (κ1) is 33.5. The summed E-state index contributed by atoms with van der Waals surface area (Å²) >= 11 is 0. The number of ether oxygens (including phenoxy) is 1. The van der Waals surface area contributed by atoms with Crippen LogP contribution in [-0.4, -0.2) is 35.6 Å². The van der Waals surface area contributed by atoms with E-state index < -0.39 is 11.4 Å². The van der Waals surface area contributed by atoms with Crippen molar-refractivity contribution in [1.29, 1.82) is 0 Å². The average molecular weight is 638 g/mol. The molecular weight excluding hydrogens is 581 g/mol. The molecule has 4 unspecified atom stereocenters. The van der Waals surface area contributed by atoms with Gasteiger partial charge in [0.15, 0.2) is 0 Å². The van der Waals surface area contributed by atoms with Gasteiger partial charge in [-0.15, -0.1) is 0 Å². The molecule has 1 amide bonds. The van der Waals surface area contributed by atoms with E-state index in [1.807, 2.05) is 0 Å².